The number of likely N-dealkylation sites (N-methyl/N-ethyl adjacent to an activating group) is 4. The molecule has 0 radical (unpaired) electrons. The fourth-order valence-corrected chi connectivity index (χ4v) is 12.0. The Balaban J connectivity index is 0.000000156. The van der Waals surface area contributed by atoms with Crippen LogP contribution in [0.3, 0.4) is 0 Å². The van der Waals surface area contributed by atoms with Crippen molar-refractivity contribution in [3.63, 3.8) is 0 Å². The molecule has 5 amide bonds. The van der Waals surface area contributed by atoms with Gasteiger partial charge in [-0.2, -0.15) is 0 Å². The summed E-state index contributed by atoms with van der Waals surface area (Å²) in [5, 5.41) is 15.5. The number of hydrogen-bond acceptors (Lipinski definition) is 19. The molecular formula is C76H100N16O8. The van der Waals surface area contributed by atoms with E-state index in [0.717, 1.165) is 163 Å². The number of piperazine rings is 4. The summed E-state index contributed by atoms with van der Waals surface area (Å²) in [5.41, 5.74) is 17.9. The number of nitrogens with two attached hydrogens (primary N) is 1. The molecule has 0 saturated carbocycles. The number of nitrogen functional groups attached to an aromatic ring is 1. The van der Waals surface area contributed by atoms with Gasteiger partial charge >= 0.3 is 0 Å². The molecule has 100 heavy (non-hydrogen) atoms. The van der Waals surface area contributed by atoms with Crippen molar-refractivity contribution in [2.24, 2.45) is 0 Å². The van der Waals surface area contributed by atoms with E-state index in [-0.39, 0.29) is 29.5 Å². The smallest absolute Gasteiger partial charge is 0.224 e. The highest BCUT2D eigenvalue weighted by molar-refractivity contribution is 6.01. The molecule has 0 aliphatic carbocycles. The average Bonchev–Trinajstić information content (AvgIpc) is 0.986. The maximum atomic E-state index is 12.4. The predicted molar refractivity (Wildman–Crippen MR) is 403 cm³/mol. The summed E-state index contributed by atoms with van der Waals surface area (Å²) in [7, 11) is 8.55. The monoisotopic (exact) mass is 1360 g/mol. The van der Waals surface area contributed by atoms with E-state index in [1.807, 2.05) is 97.1 Å². The highest BCUT2D eigenvalue weighted by Crippen LogP contribution is 2.36. The zero-order chi connectivity index (χ0) is 71.1. The number of amides is 5. The van der Waals surface area contributed by atoms with Gasteiger partial charge in [-0.1, -0.05) is 30.3 Å². The quantitative estimate of drug-likeness (QED) is 0.0412. The number of nitrogens with zero attached hydrogens (tertiary/aromatic N) is 10. The van der Waals surface area contributed by atoms with Crippen molar-refractivity contribution in [1.29, 1.82) is 0 Å². The third kappa shape index (κ3) is 22.1. The Morgan fingerprint density at radius 3 is 1.09 bits per heavy atom. The summed E-state index contributed by atoms with van der Waals surface area (Å²) in [5.74, 6) is 1.78. The lowest BCUT2D eigenvalue weighted by molar-refractivity contribution is -0.117. The van der Waals surface area contributed by atoms with Gasteiger partial charge in [-0.15, -0.1) is 0 Å². The van der Waals surface area contributed by atoms with Gasteiger partial charge in [0.25, 0.3) is 0 Å². The van der Waals surface area contributed by atoms with Gasteiger partial charge in [0.2, 0.25) is 29.5 Å². The van der Waals surface area contributed by atoms with Gasteiger partial charge < -0.3 is 94.6 Å². The number of carbonyl (C=O) groups excluding carboxylic acids is 5. The summed E-state index contributed by atoms with van der Waals surface area (Å²) in [4.78, 5) is 81.1. The molecule has 4 fully saturated rings. The summed E-state index contributed by atoms with van der Waals surface area (Å²) in [6, 6.07) is 45.4. The predicted octanol–water partition coefficient (Wildman–Crippen LogP) is 10.3. The van der Waals surface area contributed by atoms with Crippen LogP contribution in [0.2, 0.25) is 0 Å². The Kier molecular flexibility index (Phi) is 27.0. The molecule has 3 aromatic heterocycles. The third-order valence-electron chi connectivity index (χ3n) is 17.9. The number of furan rings is 3. The maximum Gasteiger partial charge on any atom is 0.224 e. The van der Waals surface area contributed by atoms with E-state index in [4.69, 9.17) is 19.0 Å². The standard InChI is InChI=1S/C20H26N4O3.C20H26N4O.2C18H24N4O2/c1-15(25)21-19-7-6-17(23-10-8-22(3)9-11-23)13-20(19)24(16(2)26)14-18-5-4-12-27-18;1-16(25)22-19-9-8-18(24-12-10-23(2)11-13-24)14-20(19)21-15-17-6-4-3-5-7-17;1-14(23)22(13-16-4-3-11-24-16)18-12-15(5-6-17(18)19)21-9-7-20(2)8-10-21;1-14(23)20-17-6-5-15(22-9-7-21(2)8-10-22)12-18(17)19-13-16-4-3-11-24-16/h4-7,12-13H,8-11,14H2,1-3H3,(H,21,25);3-9,14,21H,10-13,15H2,1-2H3,(H,22,25);3-6,11-12H,7-10,13,19H2,1-2H3;3-6,11-12,19H,7-10,13H2,1-2H3,(H,20,23). The normalized spacial score (nSPS) is 15.2. The van der Waals surface area contributed by atoms with E-state index in [9.17, 15) is 24.0 Å². The Hall–Kier alpha value is -10.3. The molecule has 7 N–H and O–H groups in total. The first-order valence-corrected chi connectivity index (χ1v) is 34.2. The van der Waals surface area contributed by atoms with Crippen LogP contribution in [0.4, 0.5) is 68.2 Å². The molecule has 4 aliphatic heterocycles. The molecule has 7 heterocycles. The fraction of sp³-hybridized carbons (Fsp3) is 0.382. The summed E-state index contributed by atoms with van der Waals surface area (Å²) < 4.78 is 16.2. The molecule has 4 saturated heterocycles. The van der Waals surface area contributed by atoms with E-state index in [0.29, 0.717) is 42.5 Å². The van der Waals surface area contributed by atoms with Crippen molar-refractivity contribution < 1.29 is 37.2 Å². The van der Waals surface area contributed by atoms with Crippen LogP contribution >= 0.6 is 0 Å². The van der Waals surface area contributed by atoms with Crippen LogP contribution in [0.5, 0.6) is 0 Å². The van der Waals surface area contributed by atoms with E-state index in [1.54, 1.807) is 41.6 Å². The van der Waals surface area contributed by atoms with Crippen molar-refractivity contribution in [3.8, 4) is 0 Å². The number of rotatable bonds is 19. The molecule has 12 rings (SSSR count). The van der Waals surface area contributed by atoms with E-state index >= 15 is 0 Å². The minimum absolute atomic E-state index is 0.0601. The maximum absolute atomic E-state index is 12.4. The van der Waals surface area contributed by atoms with Gasteiger partial charge in [0, 0.05) is 169 Å². The van der Waals surface area contributed by atoms with E-state index < -0.39 is 0 Å². The molecule has 0 spiro atoms. The Morgan fingerprint density at radius 1 is 0.370 bits per heavy atom. The fourth-order valence-electron chi connectivity index (χ4n) is 12.0. The zero-order valence-corrected chi connectivity index (χ0v) is 59.5. The highest BCUT2D eigenvalue weighted by Gasteiger charge is 2.25. The lowest BCUT2D eigenvalue weighted by Crippen LogP contribution is -2.44. The Morgan fingerprint density at radius 2 is 0.710 bits per heavy atom. The number of nitrogens with one attached hydrogen (secondary N) is 5. The number of anilines is 12. The van der Waals surface area contributed by atoms with Crippen LogP contribution in [0, 0.1) is 0 Å². The van der Waals surface area contributed by atoms with E-state index in [1.165, 1.54) is 44.6 Å². The van der Waals surface area contributed by atoms with Gasteiger partial charge in [0.05, 0.1) is 83.9 Å². The van der Waals surface area contributed by atoms with Crippen LogP contribution in [0.1, 0.15) is 57.5 Å². The van der Waals surface area contributed by atoms with Crippen molar-refractivity contribution in [3.05, 3.63) is 181 Å². The minimum atomic E-state index is -0.176. The number of hydrogen-bond donors (Lipinski definition) is 6. The van der Waals surface area contributed by atoms with Crippen molar-refractivity contribution in [2.45, 2.75) is 60.8 Å². The van der Waals surface area contributed by atoms with Gasteiger partial charge in [0.15, 0.2) is 0 Å². The molecule has 4 aliphatic rings. The minimum Gasteiger partial charge on any atom is -0.467 e. The number of benzene rings is 5. The van der Waals surface area contributed by atoms with Crippen molar-refractivity contribution >= 4 is 97.8 Å². The first kappa shape index (κ1) is 74.0. The summed E-state index contributed by atoms with van der Waals surface area (Å²) in [6.45, 7) is 25.7. The second kappa shape index (κ2) is 36.5. The van der Waals surface area contributed by atoms with Crippen LogP contribution < -0.4 is 61.7 Å². The van der Waals surface area contributed by atoms with Gasteiger partial charge in [-0.25, -0.2) is 0 Å². The van der Waals surface area contributed by atoms with Crippen LogP contribution in [-0.4, -0.2) is 182 Å². The molecule has 8 aromatic rings. The second-order valence-electron chi connectivity index (χ2n) is 25.8. The molecular weight excluding hydrogens is 1260 g/mol. The average molecular weight is 1370 g/mol. The first-order chi connectivity index (χ1) is 48.2. The summed E-state index contributed by atoms with van der Waals surface area (Å²) in [6.07, 6.45) is 4.85. The molecule has 0 bridgehead atoms. The van der Waals surface area contributed by atoms with Gasteiger partial charge in [-0.3, -0.25) is 24.0 Å². The zero-order valence-electron chi connectivity index (χ0n) is 59.5. The largest absolute Gasteiger partial charge is 0.467 e. The van der Waals surface area contributed by atoms with Crippen LogP contribution in [-0.2, 0) is 50.2 Å². The van der Waals surface area contributed by atoms with Crippen molar-refractivity contribution in [1.82, 2.24) is 19.6 Å². The topological polar surface area (TPSA) is 243 Å². The van der Waals surface area contributed by atoms with Crippen LogP contribution in [0.15, 0.2) is 172 Å². The Labute approximate surface area is 588 Å². The molecule has 5 aromatic carbocycles. The van der Waals surface area contributed by atoms with E-state index in [2.05, 4.69) is 130 Å². The summed E-state index contributed by atoms with van der Waals surface area (Å²) >= 11 is 0. The van der Waals surface area contributed by atoms with Gasteiger partial charge in [-0.05, 0) is 143 Å². The molecule has 24 heteroatoms. The molecule has 0 unspecified atom stereocenters. The third-order valence-corrected chi connectivity index (χ3v) is 17.9. The first-order valence-electron chi connectivity index (χ1n) is 34.2. The molecule has 0 atom stereocenters. The number of carbonyl (C=O) groups is 5. The lowest BCUT2D eigenvalue weighted by Gasteiger charge is -2.35. The lowest BCUT2D eigenvalue weighted by atomic mass is 10.1. The molecule has 532 valence electrons. The molecule has 24 nitrogen and oxygen atoms in total. The highest BCUT2D eigenvalue weighted by atomic mass is 16.3. The van der Waals surface area contributed by atoms with Crippen LogP contribution in [0.25, 0.3) is 0 Å². The van der Waals surface area contributed by atoms with Crippen molar-refractivity contribution in [2.75, 3.05) is 195 Å². The second-order valence-corrected chi connectivity index (χ2v) is 25.8. The SMILES string of the molecule is CC(=O)N(Cc1ccco1)c1cc(N2CCN(C)CC2)ccc1N.CC(=O)Nc1ccc(N2CCN(C)CC2)cc1N(Cc1ccco1)C(C)=O.CC(=O)Nc1ccc(N2CCN(C)CC2)cc1NCc1ccccc1.CC(=O)Nc1ccc(N2CCN(C)CC2)cc1NCc1ccco1. The van der Waals surface area contributed by atoms with Gasteiger partial charge in [0.1, 0.15) is 17.3 Å². The Bertz CT molecular complexity index is 3880.